The molecule has 0 bridgehead atoms. The number of aromatic nitrogens is 4. The van der Waals surface area contributed by atoms with Gasteiger partial charge in [-0.1, -0.05) is 109 Å². The van der Waals surface area contributed by atoms with Gasteiger partial charge < -0.3 is 29.1 Å². The van der Waals surface area contributed by atoms with Crippen molar-refractivity contribution in [2.45, 2.75) is 63.1 Å². The Morgan fingerprint density at radius 2 is 1.33 bits per heavy atom. The molecule has 12 nitrogen and oxygen atoms in total. The Hall–Kier alpha value is -6.08. The number of likely N-dealkylation sites (tertiary alicyclic amines) is 1. The molecule has 3 aliphatic rings. The first-order valence-corrected chi connectivity index (χ1v) is 21.4. The molecule has 4 unspecified atom stereocenters. The van der Waals surface area contributed by atoms with Gasteiger partial charge in [-0.2, -0.15) is 0 Å². The summed E-state index contributed by atoms with van der Waals surface area (Å²) in [5.41, 5.74) is 7.89. The molecule has 314 valence electrons. The molecule has 4 atom stereocenters. The highest BCUT2D eigenvalue weighted by Gasteiger charge is 2.43. The minimum Gasteiger partial charge on any atom is -0.444 e. The Kier molecular flexibility index (Phi) is 12.1. The molecule has 9 rings (SSSR count). The lowest BCUT2D eigenvalue weighted by atomic mass is 9.95. The number of imidazole rings is 2. The lowest BCUT2D eigenvalue weighted by Crippen LogP contribution is -2.40. The zero-order valence-electron chi connectivity index (χ0n) is 34.8. The standard InChI is InChI=1S/C49H53N7O5/c1-54(2)45(39-12-7-4-8-13-39)48(57)55-25-9-14-42(55)46-50-29-40(52-46)37-19-15-35(16-20-37)36-17-21-38(22-18-36)41-30-51-47(53-41)43-32-60-44(28-33-23-26-59-27-24-33)56(43)49(58)61-31-34-10-5-3-6-11-34/h3-8,10-13,15-22,29-30,33,42-45H,9,14,23-28,31-32H2,1-2H3,(H,50,52)(H,51,53). The summed E-state index contributed by atoms with van der Waals surface area (Å²) in [5, 5.41) is 0. The molecular formula is C49H53N7O5. The van der Waals surface area contributed by atoms with Gasteiger partial charge >= 0.3 is 6.09 Å². The molecular weight excluding hydrogens is 767 g/mol. The number of nitrogens with one attached hydrogen (secondary N) is 2. The van der Waals surface area contributed by atoms with E-state index in [1.807, 2.05) is 97.0 Å². The minimum atomic E-state index is -0.408. The number of H-pyrrole nitrogens is 2. The van der Waals surface area contributed by atoms with Crippen LogP contribution in [-0.4, -0.2) is 93.3 Å². The van der Waals surface area contributed by atoms with Crippen LogP contribution in [0.2, 0.25) is 0 Å². The van der Waals surface area contributed by atoms with Gasteiger partial charge in [-0.15, -0.1) is 0 Å². The van der Waals surface area contributed by atoms with E-state index in [0.717, 1.165) is 95.9 Å². The molecule has 2 N–H and O–H groups in total. The number of hydrogen-bond donors (Lipinski definition) is 2. The van der Waals surface area contributed by atoms with Gasteiger partial charge in [0.15, 0.2) is 0 Å². The van der Waals surface area contributed by atoms with E-state index in [9.17, 15) is 9.59 Å². The number of hydrogen-bond acceptors (Lipinski definition) is 8. The van der Waals surface area contributed by atoms with Crippen LogP contribution in [0.3, 0.4) is 0 Å². The number of benzene rings is 4. The third-order valence-corrected chi connectivity index (χ3v) is 12.3. The average molecular weight is 820 g/mol. The number of aromatic amines is 2. The quantitative estimate of drug-likeness (QED) is 0.125. The lowest BCUT2D eigenvalue weighted by Gasteiger charge is -2.31. The first-order chi connectivity index (χ1) is 29.9. The second kappa shape index (κ2) is 18.3. The third kappa shape index (κ3) is 8.88. The first kappa shape index (κ1) is 40.3. The predicted molar refractivity (Wildman–Crippen MR) is 233 cm³/mol. The van der Waals surface area contributed by atoms with E-state index in [1.165, 1.54) is 0 Å². The molecule has 0 aliphatic carbocycles. The van der Waals surface area contributed by atoms with E-state index in [2.05, 4.69) is 58.5 Å². The van der Waals surface area contributed by atoms with Gasteiger partial charge in [0.1, 0.15) is 36.6 Å². The fourth-order valence-corrected chi connectivity index (χ4v) is 9.02. The summed E-state index contributed by atoms with van der Waals surface area (Å²) < 4.78 is 17.7. The summed E-state index contributed by atoms with van der Waals surface area (Å²) in [6.07, 6.45) is 7.32. The first-order valence-electron chi connectivity index (χ1n) is 21.4. The maximum atomic E-state index is 14.0. The molecule has 2 aromatic heterocycles. The lowest BCUT2D eigenvalue weighted by molar-refractivity contribution is -0.137. The molecule has 0 saturated carbocycles. The molecule has 4 aromatic carbocycles. The molecule has 5 heterocycles. The zero-order valence-corrected chi connectivity index (χ0v) is 34.8. The molecule has 0 spiro atoms. The van der Waals surface area contributed by atoms with E-state index in [1.54, 1.807) is 4.90 Å². The fourth-order valence-electron chi connectivity index (χ4n) is 9.02. The van der Waals surface area contributed by atoms with Crippen LogP contribution in [0.1, 0.15) is 73.0 Å². The third-order valence-electron chi connectivity index (χ3n) is 12.3. The summed E-state index contributed by atoms with van der Waals surface area (Å²) in [5.74, 6) is 2.00. The second-order valence-electron chi connectivity index (χ2n) is 16.5. The van der Waals surface area contributed by atoms with Crippen molar-refractivity contribution in [2.24, 2.45) is 5.92 Å². The number of ether oxygens (including phenoxy) is 3. The number of amides is 2. The number of rotatable bonds is 12. The number of nitrogens with zero attached hydrogens (tertiary/aromatic N) is 5. The monoisotopic (exact) mass is 819 g/mol. The van der Waals surface area contributed by atoms with Gasteiger partial charge in [0.25, 0.3) is 0 Å². The van der Waals surface area contributed by atoms with Crippen LogP contribution in [0.25, 0.3) is 33.6 Å². The second-order valence-corrected chi connectivity index (χ2v) is 16.5. The Morgan fingerprint density at radius 3 is 1.93 bits per heavy atom. The molecule has 2 amide bonds. The van der Waals surface area contributed by atoms with Crippen LogP contribution in [0.15, 0.2) is 122 Å². The van der Waals surface area contributed by atoms with Crippen molar-refractivity contribution in [3.63, 3.8) is 0 Å². The number of likely N-dealkylation sites (N-methyl/N-ethyl adjacent to an activating group) is 1. The van der Waals surface area contributed by atoms with Crippen molar-refractivity contribution in [3.8, 4) is 33.6 Å². The molecule has 12 heteroatoms. The van der Waals surface area contributed by atoms with E-state index >= 15 is 0 Å². The van der Waals surface area contributed by atoms with Crippen LogP contribution >= 0.6 is 0 Å². The summed E-state index contributed by atoms with van der Waals surface area (Å²) in [6, 6.07) is 35.7. The summed E-state index contributed by atoms with van der Waals surface area (Å²) in [6.45, 7) is 2.70. The molecule has 3 fully saturated rings. The topological polar surface area (TPSA) is 129 Å². The van der Waals surface area contributed by atoms with E-state index in [4.69, 9.17) is 24.2 Å². The van der Waals surface area contributed by atoms with Crippen molar-refractivity contribution in [1.29, 1.82) is 0 Å². The van der Waals surface area contributed by atoms with Crippen molar-refractivity contribution in [2.75, 3.05) is 40.5 Å². The van der Waals surface area contributed by atoms with Gasteiger partial charge in [0.2, 0.25) is 5.91 Å². The van der Waals surface area contributed by atoms with Crippen LogP contribution in [0.4, 0.5) is 4.79 Å². The SMILES string of the molecule is CN(C)C(C(=O)N1CCCC1c1ncc(-c2ccc(-c3ccc(-c4cnc(C5COC(CC6CCOCC6)N5C(=O)OCc5ccccc5)[nH]4)cc3)cc2)[nH]1)c1ccccc1. The largest absolute Gasteiger partial charge is 0.444 e. The maximum Gasteiger partial charge on any atom is 0.412 e. The summed E-state index contributed by atoms with van der Waals surface area (Å²) >= 11 is 0. The Balaban J connectivity index is 0.860. The fraction of sp³-hybridized carbons (Fsp3) is 0.347. The number of carbonyl (C=O) groups excluding carboxylic acids is 2. The predicted octanol–water partition coefficient (Wildman–Crippen LogP) is 8.95. The summed E-state index contributed by atoms with van der Waals surface area (Å²) in [4.78, 5) is 50.0. The van der Waals surface area contributed by atoms with E-state index in [0.29, 0.717) is 24.9 Å². The van der Waals surface area contributed by atoms with E-state index in [-0.39, 0.29) is 24.6 Å². The highest BCUT2D eigenvalue weighted by molar-refractivity contribution is 5.84. The summed E-state index contributed by atoms with van der Waals surface area (Å²) in [7, 11) is 3.91. The van der Waals surface area contributed by atoms with Crippen LogP contribution in [0.5, 0.6) is 0 Å². The Labute approximate surface area is 356 Å². The highest BCUT2D eigenvalue weighted by atomic mass is 16.6. The zero-order chi connectivity index (χ0) is 41.7. The minimum absolute atomic E-state index is 0.0953. The van der Waals surface area contributed by atoms with Gasteiger partial charge in [0, 0.05) is 19.8 Å². The van der Waals surface area contributed by atoms with Crippen molar-refractivity contribution in [1.82, 2.24) is 34.6 Å². The molecule has 3 saturated heterocycles. The Bertz CT molecular complexity index is 2380. The average Bonchev–Trinajstić information content (AvgIpc) is 4.14. The maximum absolute atomic E-state index is 14.0. The van der Waals surface area contributed by atoms with Crippen LogP contribution in [-0.2, 0) is 25.6 Å². The molecule has 6 aromatic rings. The molecule has 61 heavy (non-hydrogen) atoms. The van der Waals surface area contributed by atoms with E-state index < -0.39 is 18.4 Å². The van der Waals surface area contributed by atoms with Gasteiger partial charge in [-0.05, 0) is 85.5 Å². The van der Waals surface area contributed by atoms with Crippen molar-refractivity contribution < 1.29 is 23.8 Å². The Morgan fingerprint density at radius 1 is 0.754 bits per heavy atom. The van der Waals surface area contributed by atoms with Crippen LogP contribution < -0.4 is 0 Å². The van der Waals surface area contributed by atoms with Crippen LogP contribution in [0, 0.1) is 5.92 Å². The highest BCUT2D eigenvalue weighted by Crippen LogP contribution is 2.37. The van der Waals surface area contributed by atoms with Crippen molar-refractivity contribution in [3.05, 3.63) is 144 Å². The smallest absolute Gasteiger partial charge is 0.412 e. The normalized spacial score (nSPS) is 20.0. The number of carbonyl (C=O) groups is 2. The molecule has 3 aliphatic heterocycles. The van der Waals surface area contributed by atoms with Gasteiger partial charge in [-0.25, -0.2) is 14.8 Å². The van der Waals surface area contributed by atoms with Crippen molar-refractivity contribution >= 4 is 12.0 Å². The molecule has 0 radical (unpaired) electrons. The van der Waals surface area contributed by atoms with Gasteiger partial charge in [-0.3, -0.25) is 14.6 Å². The van der Waals surface area contributed by atoms with Gasteiger partial charge in [0.05, 0.1) is 36.4 Å².